The summed E-state index contributed by atoms with van der Waals surface area (Å²) < 4.78 is 43.4. The second kappa shape index (κ2) is 11.7. The summed E-state index contributed by atoms with van der Waals surface area (Å²) in [6.45, 7) is 4.53. The Hall–Kier alpha value is -2.85. The number of hydrogen-bond acceptors (Lipinski definition) is 7. The van der Waals surface area contributed by atoms with E-state index in [0.29, 0.717) is 21.5 Å². The van der Waals surface area contributed by atoms with E-state index in [1.807, 2.05) is 6.07 Å². The van der Waals surface area contributed by atoms with Crippen molar-refractivity contribution in [3.05, 3.63) is 52.4 Å². The normalized spacial score (nSPS) is 17.6. The third-order valence-corrected chi connectivity index (χ3v) is 8.75. The first kappa shape index (κ1) is 27.2. The number of hydrogen-bond donors (Lipinski definition) is 2. The van der Waals surface area contributed by atoms with E-state index in [4.69, 9.17) is 14.6 Å². The zero-order valence-electron chi connectivity index (χ0n) is 21.1. The lowest BCUT2D eigenvalue weighted by Gasteiger charge is -2.31. The fraction of sp³-hybridized carbons (Fsp3) is 0.407. The molecule has 0 unspecified atom stereocenters. The van der Waals surface area contributed by atoms with Crippen molar-refractivity contribution in [2.75, 3.05) is 18.9 Å². The van der Waals surface area contributed by atoms with E-state index in [-0.39, 0.29) is 23.1 Å². The van der Waals surface area contributed by atoms with Crippen LogP contribution >= 0.6 is 23.3 Å². The van der Waals surface area contributed by atoms with Gasteiger partial charge in [-0.05, 0) is 55.6 Å². The van der Waals surface area contributed by atoms with Crippen LogP contribution in [0.25, 0.3) is 10.6 Å². The molecule has 1 heterocycles. The molecule has 2 aromatic carbocycles. The molecule has 10 heteroatoms. The number of nitrogens with one attached hydrogen (secondary N) is 1. The molecule has 1 fully saturated rings. The molecule has 37 heavy (non-hydrogen) atoms. The molecule has 4 rings (SSSR count). The second-order valence-corrected chi connectivity index (χ2v) is 11.1. The van der Waals surface area contributed by atoms with Crippen LogP contribution in [0, 0.1) is 23.5 Å². The summed E-state index contributed by atoms with van der Waals surface area (Å²) in [6, 6.07) is 5.90. The van der Waals surface area contributed by atoms with E-state index < -0.39 is 23.2 Å². The van der Waals surface area contributed by atoms with Crippen molar-refractivity contribution in [1.29, 1.82) is 0 Å². The highest BCUT2D eigenvalue weighted by Crippen LogP contribution is 2.44. The van der Waals surface area contributed by atoms with E-state index in [2.05, 4.69) is 23.6 Å². The number of ether oxygens (including phenoxy) is 2. The summed E-state index contributed by atoms with van der Waals surface area (Å²) in [6.07, 6.45) is 4.34. The van der Waals surface area contributed by atoms with Crippen LogP contribution in [0.15, 0.2) is 34.7 Å². The van der Waals surface area contributed by atoms with Crippen molar-refractivity contribution in [2.45, 2.75) is 50.5 Å². The molecule has 0 aliphatic heterocycles. The highest BCUT2D eigenvalue weighted by molar-refractivity contribution is 8.00. The van der Waals surface area contributed by atoms with Gasteiger partial charge in [0, 0.05) is 29.0 Å². The lowest BCUT2D eigenvalue weighted by molar-refractivity contribution is 0.0691. The minimum atomic E-state index is -1.38. The van der Waals surface area contributed by atoms with Gasteiger partial charge in [0.1, 0.15) is 21.6 Å². The Labute approximate surface area is 223 Å². The van der Waals surface area contributed by atoms with Gasteiger partial charge in [-0.15, -0.1) is 11.3 Å². The van der Waals surface area contributed by atoms with E-state index >= 15 is 4.39 Å². The molecule has 0 amide bonds. The predicted octanol–water partition coefficient (Wildman–Crippen LogP) is 7.85. The molecule has 1 aliphatic carbocycles. The number of anilines is 1. The summed E-state index contributed by atoms with van der Waals surface area (Å²) in [7, 11) is 2.87. The first-order chi connectivity index (χ1) is 17.7. The number of nitrogens with zero attached hydrogens (tertiary/aromatic N) is 1. The zero-order chi connectivity index (χ0) is 26.7. The van der Waals surface area contributed by atoms with Crippen molar-refractivity contribution >= 4 is 34.9 Å². The van der Waals surface area contributed by atoms with Gasteiger partial charge in [-0.25, -0.2) is 18.6 Å². The third kappa shape index (κ3) is 5.85. The maximum Gasteiger partial charge on any atom is 0.338 e. The first-order valence-electron chi connectivity index (χ1n) is 12.1. The number of methoxy groups -OCH3 is 2. The van der Waals surface area contributed by atoms with Crippen LogP contribution in [0.2, 0.25) is 0 Å². The monoisotopic (exact) mass is 548 g/mol. The fourth-order valence-corrected chi connectivity index (χ4v) is 6.47. The highest BCUT2D eigenvalue weighted by Gasteiger charge is 2.28. The molecule has 6 nitrogen and oxygen atoms in total. The van der Waals surface area contributed by atoms with Crippen LogP contribution in [0.3, 0.4) is 0 Å². The summed E-state index contributed by atoms with van der Waals surface area (Å²) >= 11 is 2.37. The summed E-state index contributed by atoms with van der Waals surface area (Å²) in [4.78, 5) is 15.7. The van der Waals surface area contributed by atoms with Crippen LogP contribution in [0.5, 0.6) is 11.5 Å². The quantitative estimate of drug-likeness (QED) is 0.264. The Kier molecular flexibility index (Phi) is 8.59. The number of aromatic nitrogens is 1. The molecular formula is C27H30F2N2O4S2. The van der Waals surface area contributed by atoms with Crippen molar-refractivity contribution in [2.24, 2.45) is 11.8 Å². The average molecular weight is 549 g/mol. The van der Waals surface area contributed by atoms with Crippen LogP contribution in [0.1, 0.15) is 61.4 Å². The van der Waals surface area contributed by atoms with Crippen molar-refractivity contribution in [1.82, 2.24) is 4.98 Å². The maximum atomic E-state index is 15.6. The van der Waals surface area contributed by atoms with E-state index in [9.17, 15) is 9.18 Å². The molecule has 1 aliphatic rings. The Morgan fingerprint density at radius 3 is 2.51 bits per heavy atom. The number of rotatable bonds is 9. The maximum absolute atomic E-state index is 15.6. The molecule has 1 aromatic heterocycles. The lowest BCUT2D eigenvalue weighted by Crippen LogP contribution is -2.18. The van der Waals surface area contributed by atoms with Crippen LogP contribution in [-0.4, -0.2) is 30.3 Å². The molecule has 0 radical (unpaired) electrons. The average Bonchev–Trinajstić information content (AvgIpc) is 3.35. The van der Waals surface area contributed by atoms with E-state index in [1.54, 1.807) is 11.4 Å². The van der Waals surface area contributed by atoms with Gasteiger partial charge in [0.15, 0.2) is 11.6 Å². The van der Waals surface area contributed by atoms with Gasteiger partial charge in [0.05, 0.1) is 31.0 Å². The smallest absolute Gasteiger partial charge is 0.338 e. The lowest BCUT2D eigenvalue weighted by atomic mass is 9.74. The molecule has 0 atom stereocenters. The van der Waals surface area contributed by atoms with Gasteiger partial charge in [-0.2, -0.15) is 0 Å². The highest BCUT2D eigenvalue weighted by atomic mass is 32.2. The molecule has 0 saturated heterocycles. The fourth-order valence-electron chi connectivity index (χ4n) is 4.86. The van der Waals surface area contributed by atoms with Crippen molar-refractivity contribution in [3.63, 3.8) is 0 Å². The van der Waals surface area contributed by atoms with Gasteiger partial charge in [0.2, 0.25) is 0 Å². The second-order valence-electron chi connectivity index (χ2n) is 9.44. The molecule has 3 aromatic rings. The van der Waals surface area contributed by atoms with Crippen LogP contribution in [0.4, 0.5) is 14.5 Å². The van der Waals surface area contributed by atoms with Gasteiger partial charge >= 0.3 is 5.97 Å². The minimum absolute atomic E-state index is 0.176. The van der Waals surface area contributed by atoms with Crippen molar-refractivity contribution < 1.29 is 28.2 Å². The van der Waals surface area contributed by atoms with Gasteiger partial charge in [-0.1, -0.05) is 19.9 Å². The topological polar surface area (TPSA) is 80.7 Å². The number of aromatic carboxylic acids is 1. The molecule has 0 bridgehead atoms. The first-order valence-corrected chi connectivity index (χ1v) is 13.8. The number of benzene rings is 2. The Morgan fingerprint density at radius 2 is 1.89 bits per heavy atom. The molecule has 198 valence electrons. The van der Waals surface area contributed by atoms with Crippen LogP contribution in [-0.2, 0) is 0 Å². The SMILES string of the molecule is COc1cc(C(=O)O)c(F)cc1NSc1csc(-c2ccc(C3CCC(C(C)C)CC3)c(OC)c2F)n1. The Bertz CT molecular complexity index is 1270. The Morgan fingerprint density at radius 1 is 1.16 bits per heavy atom. The third-order valence-electron chi connectivity index (χ3n) is 6.98. The molecule has 1 saturated carbocycles. The van der Waals surface area contributed by atoms with Gasteiger partial charge in [-0.3, -0.25) is 0 Å². The van der Waals surface area contributed by atoms with E-state index in [0.717, 1.165) is 61.2 Å². The van der Waals surface area contributed by atoms with Crippen molar-refractivity contribution in [3.8, 4) is 22.1 Å². The molecule has 2 N–H and O–H groups in total. The zero-order valence-corrected chi connectivity index (χ0v) is 22.8. The molecule has 0 spiro atoms. The number of halogens is 2. The largest absolute Gasteiger partial charge is 0.495 e. The Balaban J connectivity index is 1.51. The van der Waals surface area contributed by atoms with Gasteiger partial charge < -0.3 is 19.3 Å². The minimum Gasteiger partial charge on any atom is -0.495 e. The van der Waals surface area contributed by atoms with E-state index in [1.165, 1.54) is 25.6 Å². The number of carbonyl (C=O) groups is 1. The standard InChI is InChI=1S/C27H30F2N2O4S2/c1-14(2)15-5-7-16(8-6-15)17-9-10-18(24(29)25(17)35-4)26-30-23(13-36-26)37-31-21-12-20(28)19(27(32)33)11-22(21)34-3/h9-16,31H,5-8H2,1-4H3,(H,32,33). The predicted molar refractivity (Wildman–Crippen MR) is 143 cm³/mol. The summed E-state index contributed by atoms with van der Waals surface area (Å²) in [5.74, 6) is -0.563. The number of thiazole rings is 1. The van der Waals surface area contributed by atoms with Gasteiger partial charge in [0.25, 0.3) is 0 Å². The summed E-state index contributed by atoms with van der Waals surface area (Å²) in [5, 5.41) is 11.9. The number of carboxylic acids is 1. The number of carboxylic acid groups (broad SMARTS) is 1. The van der Waals surface area contributed by atoms with Crippen LogP contribution < -0.4 is 14.2 Å². The summed E-state index contributed by atoms with van der Waals surface area (Å²) in [5.41, 5.74) is 1.05. The molecular weight excluding hydrogens is 518 g/mol.